The van der Waals surface area contributed by atoms with Crippen LogP contribution in [0.4, 0.5) is 0 Å². The molecule has 1 aliphatic heterocycles. The Morgan fingerprint density at radius 3 is 3.04 bits per heavy atom. The molecule has 1 amide bonds. The minimum Gasteiger partial charge on any atom is -0.334 e. The van der Waals surface area contributed by atoms with Crippen molar-refractivity contribution in [2.24, 2.45) is 0 Å². The zero-order valence-electron chi connectivity index (χ0n) is 12.8. The summed E-state index contributed by atoms with van der Waals surface area (Å²) in [7, 11) is 0. The normalized spacial score (nSPS) is 17.5. The molecule has 1 aromatic carbocycles. The van der Waals surface area contributed by atoms with Gasteiger partial charge in [0.25, 0.3) is 5.91 Å². The molecule has 2 aromatic heterocycles. The van der Waals surface area contributed by atoms with Crippen molar-refractivity contribution in [1.82, 2.24) is 19.9 Å². The standard InChI is InChI=1S/C16H15ClN4OS/c1-8-6-12-13(23-9(2)18-12)7-21(8)16(22)15-19-11-5-3-4-10(17)14(11)20-15/h3-5,8H,6-7H2,1-2H3,(H,19,20)/t8-/m0/s1. The molecule has 4 rings (SSSR count). The molecular weight excluding hydrogens is 332 g/mol. The molecule has 1 atom stereocenters. The fourth-order valence-electron chi connectivity index (χ4n) is 3.00. The summed E-state index contributed by atoms with van der Waals surface area (Å²) < 4.78 is 0. The van der Waals surface area contributed by atoms with E-state index in [9.17, 15) is 4.79 Å². The van der Waals surface area contributed by atoms with E-state index in [0.717, 1.165) is 22.6 Å². The van der Waals surface area contributed by atoms with E-state index in [-0.39, 0.29) is 11.9 Å². The molecule has 0 spiro atoms. The lowest BCUT2D eigenvalue weighted by Crippen LogP contribution is -2.42. The molecule has 0 aliphatic carbocycles. The smallest absolute Gasteiger partial charge is 0.290 e. The van der Waals surface area contributed by atoms with Crippen LogP contribution in [0.5, 0.6) is 0 Å². The van der Waals surface area contributed by atoms with Crippen LogP contribution in [0.15, 0.2) is 18.2 Å². The average molecular weight is 347 g/mol. The number of thiazole rings is 1. The van der Waals surface area contributed by atoms with Crippen LogP contribution in [-0.4, -0.2) is 31.8 Å². The number of aryl methyl sites for hydroxylation is 1. The number of H-pyrrole nitrogens is 1. The molecule has 23 heavy (non-hydrogen) atoms. The van der Waals surface area contributed by atoms with Crippen molar-refractivity contribution < 1.29 is 4.79 Å². The predicted octanol–water partition coefficient (Wildman–Crippen LogP) is 3.57. The highest BCUT2D eigenvalue weighted by Gasteiger charge is 2.31. The van der Waals surface area contributed by atoms with Gasteiger partial charge in [-0.2, -0.15) is 0 Å². The molecule has 0 bridgehead atoms. The first-order valence-corrected chi connectivity index (χ1v) is 8.62. The summed E-state index contributed by atoms with van der Waals surface area (Å²) in [6.07, 6.45) is 0.784. The summed E-state index contributed by atoms with van der Waals surface area (Å²) >= 11 is 7.80. The van der Waals surface area contributed by atoms with Crippen LogP contribution < -0.4 is 0 Å². The number of hydrogen-bond acceptors (Lipinski definition) is 4. The first-order chi connectivity index (χ1) is 11.0. The van der Waals surface area contributed by atoms with Crippen LogP contribution in [0.2, 0.25) is 5.02 Å². The Labute approximate surface area is 142 Å². The van der Waals surface area contributed by atoms with Crippen molar-refractivity contribution in [3.8, 4) is 0 Å². The van der Waals surface area contributed by atoms with E-state index in [4.69, 9.17) is 11.6 Å². The van der Waals surface area contributed by atoms with Crippen LogP contribution in [0, 0.1) is 6.92 Å². The molecule has 0 radical (unpaired) electrons. The van der Waals surface area contributed by atoms with Crippen LogP contribution in [0.3, 0.4) is 0 Å². The number of hydrogen-bond donors (Lipinski definition) is 1. The first-order valence-electron chi connectivity index (χ1n) is 7.43. The van der Waals surface area contributed by atoms with Crippen LogP contribution in [0.1, 0.15) is 33.1 Å². The number of imidazole rings is 1. The SMILES string of the molecule is Cc1nc2c(s1)CN(C(=O)c1nc3c(Cl)cccc3[nH]1)[C@@H](C)C2. The second-order valence-electron chi connectivity index (χ2n) is 5.81. The van der Waals surface area contributed by atoms with Crippen LogP contribution in [0.25, 0.3) is 11.0 Å². The van der Waals surface area contributed by atoms with Crippen molar-refractivity contribution in [2.75, 3.05) is 0 Å². The third-order valence-corrected chi connectivity index (χ3v) is 5.45. The molecule has 3 heterocycles. The van der Waals surface area contributed by atoms with E-state index in [1.807, 2.05) is 30.9 Å². The molecule has 5 nitrogen and oxygen atoms in total. The number of rotatable bonds is 1. The molecular formula is C16H15ClN4OS. The quantitative estimate of drug-likeness (QED) is 0.732. The summed E-state index contributed by atoms with van der Waals surface area (Å²) in [5, 5.41) is 1.59. The molecule has 3 aromatic rings. The van der Waals surface area contributed by atoms with E-state index < -0.39 is 0 Å². The van der Waals surface area contributed by atoms with Crippen LogP contribution >= 0.6 is 22.9 Å². The summed E-state index contributed by atoms with van der Waals surface area (Å²) in [6, 6.07) is 5.58. The summed E-state index contributed by atoms with van der Waals surface area (Å²) in [6.45, 7) is 4.64. The van der Waals surface area contributed by atoms with Gasteiger partial charge in [0.1, 0.15) is 5.52 Å². The number of carbonyl (C=O) groups excluding carboxylic acids is 1. The fourth-order valence-corrected chi connectivity index (χ4v) is 4.18. The van der Waals surface area contributed by atoms with Crippen molar-refractivity contribution >= 4 is 39.9 Å². The van der Waals surface area contributed by atoms with Crippen molar-refractivity contribution in [3.63, 3.8) is 0 Å². The highest BCUT2D eigenvalue weighted by atomic mass is 35.5. The van der Waals surface area contributed by atoms with E-state index in [1.165, 1.54) is 4.88 Å². The number of nitrogens with one attached hydrogen (secondary N) is 1. The van der Waals surface area contributed by atoms with E-state index in [2.05, 4.69) is 15.0 Å². The lowest BCUT2D eigenvalue weighted by molar-refractivity contribution is 0.0649. The van der Waals surface area contributed by atoms with Gasteiger partial charge >= 0.3 is 0 Å². The van der Waals surface area contributed by atoms with Gasteiger partial charge in [0.2, 0.25) is 0 Å². The average Bonchev–Trinajstić information content (AvgIpc) is 3.09. The summed E-state index contributed by atoms with van der Waals surface area (Å²) in [4.78, 5) is 27.9. The molecule has 0 saturated heterocycles. The molecule has 0 fully saturated rings. The van der Waals surface area contributed by atoms with Gasteiger partial charge in [0, 0.05) is 17.3 Å². The van der Waals surface area contributed by atoms with Crippen molar-refractivity contribution in [2.45, 2.75) is 32.9 Å². The zero-order chi connectivity index (χ0) is 16.1. The number of aromatic nitrogens is 3. The number of carbonyl (C=O) groups is 1. The van der Waals surface area contributed by atoms with Gasteiger partial charge in [0.05, 0.1) is 27.8 Å². The Bertz CT molecular complexity index is 916. The van der Waals surface area contributed by atoms with Crippen molar-refractivity contribution in [3.05, 3.63) is 44.6 Å². The number of halogens is 1. The van der Waals surface area contributed by atoms with Gasteiger partial charge < -0.3 is 9.88 Å². The minimum absolute atomic E-state index is 0.0959. The molecule has 1 aliphatic rings. The molecule has 0 saturated carbocycles. The van der Waals surface area contributed by atoms with E-state index >= 15 is 0 Å². The number of fused-ring (bicyclic) bond motifs is 2. The molecule has 118 valence electrons. The number of aromatic amines is 1. The Morgan fingerprint density at radius 2 is 2.26 bits per heavy atom. The third kappa shape index (κ3) is 2.42. The van der Waals surface area contributed by atoms with E-state index in [0.29, 0.717) is 22.9 Å². The monoisotopic (exact) mass is 346 g/mol. The lowest BCUT2D eigenvalue weighted by atomic mass is 10.1. The van der Waals surface area contributed by atoms with Gasteiger partial charge in [-0.3, -0.25) is 4.79 Å². The fraction of sp³-hybridized carbons (Fsp3) is 0.312. The van der Waals surface area contributed by atoms with Gasteiger partial charge in [0.15, 0.2) is 5.82 Å². The second kappa shape index (κ2) is 5.32. The molecule has 1 N–H and O–H groups in total. The minimum atomic E-state index is -0.0959. The van der Waals surface area contributed by atoms with Gasteiger partial charge in [-0.05, 0) is 26.0 Å². The van der Waals surface area contributed by atoms with Crippen LogP contribution in [-0.2, 0) is 13.0 Å². The second-order valence-corrected chi connectivity index (χ2v) is 7.51. The van der Waals surface area contributed by atoms with Gasteiger partial charge in [-0.15, -0.1) is 11.3 Å². The van der Waals surface area contributed by atoms with Crippen molar-refractivity contribution in [1.29, 1.82) is 0 Å². The Balaban J connectivity index is 1.69. The summed E-state index contributed by atoms with van der Waals surface area (Å²) in [5.74, 6) is 0.242. The number of nitrogens with zero attached hydrogens (tertiary/aromatic N) is 3. The first kappa shape index (κ1) is 14.7. The zero-order valence-corrected chi connectivity index (χ0v) is 14.3. The highest BCUT2D eigenvalue weighted by Crippen LogP contribution is 2.29. The third-order valence-electron chi connectivity index (χ3n) is 4.15. The van der Waals surface area contributed by atoms with E-state index in [1.54, 1.807) is 17.4 Å². The Kier molecular flexibility index (Phi) is 3.39. The van der Waals surface area contributed by atoms with Gasteiger partial charge in [-0.25, -0.2) is 9.97 Å². The predicted molar refractivity (Wildman–Crippen MR) is 91.0 cm³/mol. The highest BCUT2D eigenvalue weighted by molar-refractivity contribution is 7.11. The number of benzene rings is 1. The summed E-state index contributed by atoms with van der Waals surface area (Å²) in [5.41, 5.74) is 2.54. The topological polar surface area (TPSA) is 61.9 Å². The Morgan fingerprint density at radius 1 is 1.43 bits per heavy atom. The maximum Gasteiger partial charge on any atom is 0.290 e. The number of amides is 1. The maximum atomic E-state index is 12.9. The number of para-hydroxylation sites is 1. The molecule has 0 unspecified atom stereocenters. The largest absolute Gasteiger partial charge is 0.334 e. The Hall–Kier alpha value is -1.92. The van der Waals surface area contributed by atoms with Gasteiger partial charge in [-0.1, -0.05) is 17.7 Å². The maximum absolute atomic E-state index is 12.9. The lowest BCUT2D eigenvalue weighted by Gasteiger charge is -2.32. The molecule has 7 heteroatoms.